The Hall–Kier alpha value is -0.670. The number of benzene rings is 1. The number of amidine groups is 1. The first-order valence-electron chi connectivity index (χ1n) is 5.80. The van der Waals surface area contributed by atoms with Crippen molar-refractivity contribution in [2.45, 2.75) is 26.8 Å². The summed E-state index contributed by atoms with van der Waals surface area (Å²) in [5.74, 6) is 1.77. The molecule has 0 fully saturated rings. The van der Waals surface area contributed by atoms with E-state index in [1.54, 1.807) is 11.8 Å². The van der Waals surface area contributed by atoms with E-state index in [4.69, 9.17) is 11.6 Å². The van der Waals surface area contributed by atoms with Gasteiger partial charge in [0.15, 0.2) is 5.17 Å². The van der Waals surface area contributed by atoms with Crippen LogP contribution in [0.5, 0.6) is 0 Å². The number of hydrogen-bond donors (Lipinski definition) is 1. The molecule has 1 aliphatic heterocycles. The molecule has 1 aromatic rings. The summed E-state index contributed by atoms with van der Waals surface area (Å²) in [7, 11) is 0. The molecule has 2 rings (SSSR count). The van der Waals surface area contributed by atoms with Gasteiger partial charge in [0.25, 0.3) is 0 Å². The first-order chi connectivity index (χ1) is 8.06. The van der Waals surface area contributed by atoms with Crippen LogP contribution in [0.1, 0.15) is 19.4 Å². The molecule has 0 spiro atoms. The second-order valence-corrected chi connectivity index (χ2v) is 5.99. The zero-order valence-electron chi connectivity index (χ0n) is 10.3. The summed E-state index contributed by atoms with van der Waals surface area (Å²) >= 11 is 7.73. The molecule has 1 aromatic carbocycles. The predicted molar refractivity (Wildman–Crippen MR) is 78.3 cm³/mol. The first-order valence-corrected chi connectivity index (χ1v) is 7.16. The van der Waals surface area contributed by atoms with E-state index < -0.39 is 0 Å². The van der Waals surface area contributed by atoms with Gasteiger partial charge in [0, 0.05) is 16.5 Å². The van der Waals surface area contributed by atoms with Crippen molar-refractivity contribution in [1.29, 1.82) is 0 Å². The number of aryl methyl sites for hydroxylation is 1. The molecule has 1 heterocycles. The van der Waals surface area contributed by atoms with Crippen LogP contribution in [0, 0.1) is 12.8 Å². The van der Waals surface area contributed by atoms with Crippen LogP contribution in [0.25, 0.3) is 0 Å². The Bertz CT molecular complexity index is 445. The van der Waals surface area contributed by atoms with Crippen LogP contribution in [-0.4, -0.2) is 17.0 Å². The third kappa shape index (κ3) is 3.17. The lowest BCUT2D eigenvalue weighted by Crippen LogP contribution is -2.25. The lowest BCUT2D eigenvalue weighted by molar-refractivity contribution is 0.537. The highest BCUT2D eigenvalue weighted by Gasteiger charge is 2.19. The molecule has 0 amide bonds. The molecule has 2 unspecified atom stereocenters. The van der Waals surface area contributed by atoms with E-state index in [9.17, 15) is 0 Å². The highest BCUT2D eigenvalue weighted by Crippen LogP contribution is 2.26. The van der Waals surface area contributed by atoms with E-state index in [2.05, 4.69) is 24.2 Å². The number of hydrogen-bond acceptors (Lipinski definition) is 3. The maximum atomic E-state index is 5.94. The average molecular weight is 269 g/mol. The smallest absolute Gasteiger partial charge is 0.161 e. The normalized spacial score (nSPS) is 24.4. The number of thioether (sulfide) groups is 1. The van der Waals surface area contributed by atoms with Gasteiger partial charge in [-0.2, -0.15) is 0 Å². The second-order valence-electron chi connectivity index (χ2n) is 4.55. The van der Waals surface area contributed by atoms with Crippen LogP contribution in [-0.2, 0) is 0 Å². The van der Waals surface area contributed by atoms with Crippen molar-refractivity contribution >= 4 is 34.2 Å². The molecule has 0 bridgehead atoms. The predicted octanol–water partition coefficient (Wildman–Crippen LogP) is 4.19. The lowest BCUT2D eigenvalue weighted by Gasteiger charge is -2.24. The maximum Gasteiger partial charge on any atom is 0.161 e. The molecule has 0 aromatic heterocycles. The highest BCUT2D eigenvalue weighted by molar-refractivity contribution is 8.14. The molecule has 2 nitrogen and oxygen atoms in total. The van der Waals surface area contributed by atoms with Crippen LogP contribution in [0.2, 0.25) is 5.02 Å². The molecule has 1 aliphatic rings. The van der Waals surface area contributed by atoms with E-state index in [-0.39, 0.29) is 0 Å². The fraction of sp³-hybridized carbons (Fsp3) is 0.462. The third-order valence-electron chi connectivity index (χ3n) is 3.06. The van der Waals surface area contributed by atoms with Gasteiger partial charge >= 0.3 is 0 Å². The SMILES string of the molecule is Cc1cc(Cl)ccc1NC1=NC(C)C(C)CS1. The van der Waals surface area contributed by atoms with E-state index >= 15 is 0 Å². The fourth-order valence-electron chi connectivity index (χ4n) is 1.65. The molecule has 0 radical (unpaired) electrons. The number of rotatable bonds is 1. The van der Waals surface area contributed by atoms with Crippen LogP contribution in [0.3, 0.4) is 0 Å². The molecule has 0 saturated carbocycles. The van der Waals surface area contributed by atoms with E-state index in [0.717, 1.165) is 27.2 Å². The zero-order chi connectivity index (χ0) is 12.4. The van der Waals surface area contributed by atoms with Crippen molar-refractivity contribution in [2.75, 3.05) is 11.1 Å². The summed E-state index contributed by atoms with van der Waals surface area (Å²) in [6.07, 6.45) is 0. The van der Waals surface area contributed by atoms with Gasteiger partial charge in [0.05, 0.1) is 6.04 Å². The van der Waals surface area contributed by atoms with E-state index in [1.165, 1.54) is 0 Å². The monoisotopic (exact) mass is 268 g/mol. The molecule has 92 valence electrons. The molecule has 17 heavy (non-hydrogen) atoms. The molecule has 0 aliphatic carbocycles. The second kappa shape index (κ2) is 5.32. The van der Waals surface area contributed by atoms with Gasteiger partial charge < -0.3 is 5.32 Å². The minimum absolute atomic E-state index is 0.395. The van der Waals surface area contributed by atoms with Crippen molar-refractivity contribution in [3.8, 4) is 0 Å². The molecule has 4 heteroatoms. The highest BCUT2D eigenvalue weighted by atomic mass is 35.5. The Kier molecular flexibility index (Phi) is 4.00. The Labute approximate surface area is 112 Å². The summed E-state index contributed by atoms with van der Waals surface area (Å²) in [6.45, 7) is 6.46. The number of halogens is 1. The van der Waals surface area contributed by atoms with Gasteiger partial charge in [-0.1, -0.05) is 30.3 Å². The Morgan fingerprint density at radius 2 is 2.18 bits per heavy atom. The summed E-state index contributed by atoms with van der Waals surface area (Å²) in [5, 5.41) is 5.17. The number of nitrogens with zero attached hydrogens (tertiary/aromatic N) is 1. The van der Waals surface area contributed by atoms with E-state index in [0.29, 0.717) is 12.0 Å². The number of aliphatic imine (C=N–C) groups is 1. The molecular formula is C13H17ClN2S. The molecule has 2 atom stereocenters. The maximum absolute atomic E-state index is 5.94. The van der Waals surface area contributed by atoms with Crippen LogP contribution in [0.4, 0.5) is 5.69 Å². The number of nitrogens with one attached hydrogen (secondary N) is 1. The Morgan fingerprint density at radius 3 is 2.82 bits per heavy atom. The quantitative estimate of drug-likeness (QED) is 0.826. The molecule has 0 saturated heterocycles. The van der Waals surface area contributed by atoms with Gasteiger partial charge in [-0.25, -0.2) is 0 Å². The Balaban J connectivity index is 2.13. The van der Waals surface area contributed by atoms with Crippen molar-refractivity contribution in [2.24, 2.45) is 10.9 Å². The third-order valence-corrected chi connectivity index (χ3v) is 4.47. The minimum Gasteiger partial charge on any atom is -0.335 e. The van der Waals surface area contributed by atoms with Gasteiger partial charge in [-0.15, -0.1) is 0 Å². The topological polar surface area (TPSA) is 24.4 Å². The van der Waals surface area contributed by atoms with Crippen molar-refractivity contribution in [3.63, 3.8) is 0 Å². The van der Waals surface area contributed by atoms with Crippen molar-refractivity contribution in [3.05, 3.63) is 28.8 Å². The molecular weight excluding hydrogens is 252 g/mol. The first kappa shape index (κ1) is 12.8. The van der Waals surface area contributed by atoms with Gasteiger partial charge in [0.2, 0.25) is 0 Å². The van der Waals surface area contributed by atoms with Crippen LogP contribution < -0.4 is 5.32 Å². The van der Waals surface area contributed by atoms with Crippen LogP contribution in [0.15, 0.2) is 23.2 Å². The standard InChI is InChI=1S/C13H17ClN2S/c1-8-6-11(14)4-5-12(8)16-13-15-10(3)9(2)7-17-13/h4-6,9-10H,7H2,1-3H3,(H,15,16). The average Bonchev–Trinajstić information content (AvgIpc) is 2.27. The minimum atomic E-state index is 0.395. The summed E-state index contributed by atoms with van der Waals surface area (Å²) < 4.78 is 0. The lowest BCUT2D eigenvalue weighted by atomic mass is 10.1. The molecule has 1 N–H and O–H groups in total. The van der Waals surface area contributed by atoms with E-state index in [1.807, 2.05) is 25.1 Å². The van der Waals surface area contributed by atoms with Gasteiger partial charge in [-0.3, -0.25) is 4.99 Å². The largest absolute Gasteiger partial charge is 0.335 e. The summed E-state index contributed by atoms with van der Waals surface area (Å²) in [5.41, 5.74) is 2.23. The summed E-state index contributed by atoms with van der Waals surface area (Å²) in [4.78, 5) is 4.66. The summed E-state index contributed by atoms with van der Waals surface area (Å²) in [6, 6.07) is 6.26. The van der Waals surface area contributed by atoms with Crippen molar-refractivity contribution < 1.29 is 0 Å². The van der Waals surface area contributed by atoms with Crippen molar-refractivity contribution in [1.82, 2.24) is 0 Å². The van der Waals surface area contributed by atoms with Gasteiger partial charge in [-0.05, 0) is 43.5 Å². The van der Waals surface area contributed by atoms with Crippen LogP contribution >= 0.6 is 23.4 Å². The van der Waals surface area contributed by atoms with Gasteiger partial charge in [0.1, 0.15) is 0 Å². The zero-order valence-corrected chi connectivity index (χ0v) is 11.9. The number of anilines is 1. The Morgan fingerprint density at radius 1 is 1.41 bits per heavy atom. The fourth-order valence-corrected chi connectivity index (χ4v) is 3.00.